The van der Waals surface area contributed by atoms with Crippen molar-refractivity contribution in [2.24, 2.45) is 5.92 Å². The quantitative estimate of drug-likeness (QED) is 0.605. The van der Waals surface area contributed by atoms with Crippen LogP contribution in [0.1, 0.15) is 42.9 Å². The summed E-state index contributed by atoms with van der Waals surface area (Å²) in [5, 5.41) is 18.8. The van der Waals surface area contributed by atoms with Crippen molar-refractivity contribution in [1.29, 1.82) is 0 Å². The lowest BCUT2D eigenvalue weighted by molar-refractivity contribution is 0.0960. The van der Waals surface area contributed by atoms with Gasteiger partial charge in [-0.2, -0.15) is 0 Å². The van der Waals surface area contributed by atoms with Crippen molar-refractivity contribution >= 4 is 0 Å². The van der Waals surface area contributed by atoms with E-state index in [0.29, 0.717) is 42.8 Å². The molecule has 0 saturated heterocycles. The van der Waals surface area contributed by atoms with Crippen LogP contribution in [0.2, 0.25) is 0 Å². The molecule has 2 aromatic carbocycles. The number of rotatable bonds is 9. The summed E-state index contributed by atoms with van der Waals surface area (Å²) in [6, 6.07) is 15.9. The third-order valence-corrected chi connectivity index (χ3v) is 4.37. The molecular weight excluding hydrogens is 357 g/mol. The maximum absolute atomic E-state index is 13.1. The summed E-state index contributed by atoms with van der Waals surface area (Å²) >= 11 is 0. The van der Waals surface area contributed by atoms with Crippen molar-refractivity contribution in [2.75, 3.05) is 13.1 Å². The molecule has 148 valence electrons. The van der Waals surface area contributed by atoms with Gasteiger partial charge in [-0.1, -0.05) is 56.3 Å². The molecule has 0 spiro atoms. The zero-order valence-electron chi connectivity index (χ0n) is 16.3. The highest BCUT2D eigenvalue weighted by Crippen LogP contribution is 2.18. The van der Waals surface area contributed by atoms with E-state index in [9.17, 15) is 9.50 Å². The summed E-state index contributed by atoms with van der Waals surface area (Å²) < 4.78 is 18.9. The highest BCUT2D eigenvalue weighted by molar-refractivity contribution is 5.19. The Hall–Kier alpha value is -2.57. The van der Waals surface area contributed by atoms with Gasteiger partial charge < -0.3 is 9.52 Å². The average molecular weight is 383 g/mol. The third-order valence-electron chi connectivity index (χ3n) is 4.37. The van der Waals surface area contributed by atoms with E-state index in [-0.39, 0.29) is 5.82 Å². The zero-order chi connectivity index (χ0) is 19.9. The minimum absolute atomic E-state index is 0.313. The molecule has 5 nitrogen and oxygen atoms in total. The molecule has 0 aliphatic rings. The molecule has 1 atom stereocenters. The Kier molecular flexibility index (Phi) is 6.90. The van der Waals surface area contributed by atoms with Crippen molar-refractivity contribution in [3.63, 3.8) is 0 Å². The Labute approximate surface area is 164 Å². The van der Waals surface area contributed by atoms with E-state index in [1.54, 1.807) is 12.1 Å². The van der Waals surface area contributed by atoms with E-state index >= 15 is 0 Å². The van der Waals surface area contributed by atoms with Crippen LogP contribution < -0.4 is 0 Å². The third kappa shape index (κ3) is 5.97. The second-order valence-corrected chi connectivity index (χ2v) is 7.41. The van der Waals surface area contributed by atoms with Crippen LogP contribution >= 0.6 is 0 Å². The number of nitrogens with zero attached hydrogens (tertiary/aromatic N) is 3. The number of aromatic nitrogens is 2. The minimum atomic E-state index is -0.717. The summed E-state index contributed by atoms with van der Waals surface area (Å²) in [4.78, 5) is 2.08. The van der Waals surface area contributed by atoms with Crippen LogP contribution in [0.4, 0.5) is 4.39 Å². The molecule has 0 amide bonds. The highest BCUT2D eigenvalue weighted by atomic mass is 19.1. The van der Waals surface area contributed by atoms with Crippen molar-refractivity contribution in [1.82, 2.24) is 15.1 Å². The molecule has 1 N–H and O–H groups in total. The number of benzene rings is 2. The van der Waals surface area contributed by atoms with E-state index in [2.05, 4.69) is 28.9 Å². The lowest BCUT2D eigenvalue weighted by atomic mass is 10.1. The normalized spacial score (nSPS) is 12.6. The van der Waals surface area contributed by atoms with Gasteiger partial charge >= 0.3 is 0 Å². The molecule has 0 bridgehead atoms. The van der Waals surface area contributed by atoms with Crippen molar-refractivity contribution in [3.05, 3.63) is 83.3 Å². The topological polar surface area (TPSA) is 62.4 Å². The first-order chi connectivity index (χ1) is 13.5. The Morgan fingerprint density at radius 1 is 0.964 bits per heavy atom. The predicted molar refractivity (Wildman–Crippen MR) is 105 cm³/mol. The second-order valence-electron chi connectivity index (χ2n) is 7.41. The molecule has 6 heteroatoms. The SMILES string of the molecule is CC(C)CN(Cc1nnc(Cc2ccccc2)o1)CC(O)c1ccc(F)cc1. The van der Waals surface area contributed by atoms with Crippen LogP contribution in [0.15, 0.2) is 59.0 Å². The summed E-state index contributed by atoms with van der Waals surface area (Å²) in [7, 11) is 0. The van der Waals surface area contributed by atoms with Crippen LogP contribution in [-0.2, 0) is 13.0 Å². The highest BCUT2D eigenvalue weighted by Gasteiger charge is 2.18. The largest absolute Gasteiger partial charge is 0.424 e. The number of halogens is 1. The number of aliphatic hydroxyl groups is 1. The molecule has 0 fully saturated rings. The van der Waals surface area contributed by atoms with Crippen LogP contribution in [0.3, 0.4) is 0 Å². The molecule has 1 aromatic heterocycles. The van der Waals surface area contributed by atoms with E-state index < -0.39 is 6.10 Å². The van der Waals surface area contributed by atoms with Crippen molar-refractivity contribution in [2.45, 2.75) is 32.9 Å². The Bertz CT molecular complexity index is 850. The van der Waals surface area contributed by atoms with Gasteiger partial charge in [0, 0.05) is 13.1 Å². The van der Waals surface area contributed by atoms with Gasteiger partial charge in [0.15, 0.2) is 0 Å². The molecule has 0 aliphatic heterocycles. The number of aliphatic hydroxyl groups excluding tert-OH is 1. The first-order valence-electron chi connectivity index (χ1n) is 9.50. The Morgan fingerprint density at radius 3 is 2.32 bits per heavy atom. The minimum Gasteiger partial charge on any atom is -0.424 e. The van der Waals surface area contributed by atoms with Gasteiger partial charge in [-0.3, -0.25) is 4.90 Å². The van der Waals surface area contributed by atoms with Gasteiger partial charge in [0.2, 0.25) is 11.8 Å². The van der Waals surface area contributed by atoms with Gasteiger partial charge in [0.05, 0.1) is 19.1 Å². The van der Waals surface area contributed by atoms with E-state index in [4.69, 9.17) is 4.42 Å². The van der Waals surface area contributed by atoms with Gasteiger partial charge in [-0.05, 0) is 29.2 Å². The summed E-state index contributed by atoms with van der Waals surface area (Å²) in [5.41, 5.74) is 1.80. The first-order valence-corrected chi connectivity index (χ1v) is 9.50. The van der Waals surface area contributed by atoms with Crippen LogP contribution in [0, 0.1) is 11.7 Å². The average Bonchev–Trinajstić information content (AvgIpc) is 3.09. The monoisotopic (exact) mass is 383 g/mol. The molecule has 0 aliphatic carbocycles. The van der Waals surface area contributed by atoms with Gasteiger partial charge in [0.1, 0.15) is 5.82 Å². The number of hydrogen-bond acceptors (Lipinski definition) is 5. The van der Waals surface area contributed by atoms with Gasteiger partial charge in [0.25, 0.3) is 0 Å². The maximum Gasteiger partial charge on any atom is 0.230 e. The molecule has 1 unspecified atom stereocenters. The fourth-order valence-electron chi connectivity index (χ4n) is 3.14. The van der Waals surface area contributed by atoms with E-state index in [1.807, 2.05) is 30.3 Å². The molecular formula is C22H26FN3O2. The Morgan fingerprint density at radius 2 is 1.64 bits per heavy atom. The molecule has 1 heterocycles. The fourth-order valence-corrected chi connectivity index (χ4v) is 3.14. The van der Waals surface area contributed by atoms with Crippen LogP contribution in [0.25, 0.3) is 0 Å². The molecule has 3 aromatic rings. The fraction of sp³-hybridized carbons (Fsp3) is 0.364. The lowest BCUT2D eigenvalue weighted by Gasteiger charge is -2.25. The molecule has 0 radical (unpaired) electrons. The summed E-state index contributed by atoms with van der Waals surface area (Å²) in [6.07, 6.45) is -0.123. The summed E-state index contributed by atoms with van der Waals surface area (Å²) in [5.74, 6) is 1.20. The van der Waals surface area contributed by atoms with Crippen molar-refractivity contribution < 1.29 is 13.9 Å². The standard InChI is InChI=1S/C22H26FN3O2/c1-16(2)13-26(14-20(27)18-8-10-19(23)11-9-18)15-22-25-24-21(28-22)12-17-6-4-3-5-7-17/h3-11,16,20,27H,12-15H2,1-2H3. The number of hydrogen-bond donors (Lipinski definition) is 1. The van der Waals surface area contributed by atoms with Gasteiger partial charge in [-0.25, -0.2) is 4.39 Å². The predicted octanol–water partition coefficient (Wildman–Crippen LogP) is 3.99. The smallest absolute Gasteiger partial charge is 0.230 e. The van der Waals surface area contributed by atoms with E-state index in [1.165, 1.54) is 12.1 Å². The maximum atomic E-state index is 13.1. The molecule has 0 saturated carbocycles. The second kappa shape index (κ2) is 9.57. The van der Waals surface area contributed by atoms with Crippen molar-refractivity contribution in [3.8, 4) is 0 Å². The van der Waals surface area contributed by atoms with Crippen LogP contribution in [-0.4, -0.2) is 33.3 Å². The van der Waals surface area contributed by atoms with E-state index in [0.717, 1.165) is 12.1 Å². The summed E-state index contributed by atoms with van der Waals surface area (Å²) in [6.45, 7) is 5.87. The molecule has 28 heavy (non-hydrogen) atoms. The Balaban J connectivity index is 1.64. The van der Waals surface area contributed by atoms with Gasteiger partial charge in [-0.15, -0.1) is 10.2 Å². The zero-order valence-corrected chi connectivity index (χ0v) is 16.3. The first kappa shape index (κ1) is 20.2. The molecule has 3 rings (SSSR count). The lowest BCUT2D eigenvalue weighted by Crippen LogP contribution is -2.31. The van der Waals surface area contributed by atoms with Crippen LogP contribution in [0.5, 0.6) is 0 Å².